The van der Waals surface area contributed by atoms with Crippen molar-refractivity contribution in [3.05, 3.63) is 86.8 Å². The third-order valence-electron chi connectivity index (χ3n) is 5.24. The van der Waals surface area contributed by atoms with Crippen molar-refractivity contribution in [3.8, 4) is 0 Å². The summed E-state index contributed by atoms with van der Waals surface area (Å²) in [6, 6.07) is 15.3. The maximum absolute atomic E-state index is 2.60. The molecule has 2 aromatic heterocycles. The molecule has 140 valence electrons. The molecule has 0 spiro atoms. The molecule has 27 heavy (non-hydrogen) atoms. The van der Waals surface area contributed by atoms with E-state index < -0.39 is 0 Å². The summed E-state index contributed by atoms with van der Waals surface area (Å²) in [5.74, 6) is 0. The van der Waals surface area contributed by atoms with Crippen molar-refractivity contribution in [2.75, 3.05) is 39.3 Å². The lowest BCUT2D eigenvalue weighted by Gasteiger charge is -2.34. The van der Waals surface area contributed by atoms with Crippen molar-refractivity contribution in [1.29, 1.82) is 0 Å². The van der Waals surface area contributed by atoms with Crippen LogP contribution in [0.4, 0.5) is 0 Å². The van der Waals surface area contributed by atoms with Gasteiger partial charge in [0.05, 0.1) is 0 Å². The van der Waals surface area contributed by atoms with E-state index in [1.54, 1.807) is 22.7 Å². The SMILES string of the molecule is C(CN1CCN(CCc2ccccc2)CC1)=C(c1ccsc1)c1ccsc1. The third-order valence-corrected chi connectivity index (χ3v) is 6.61. The van der Waals surface area contributed by atoms with Gasteiger partial charge < -0.3 is 4.90 Å². The number of rotatable bonds is 7. The summed E-state index contributed by atoms with van der Waals surface area (Å²) in [5.41, 5.74) is 5.52. The first-order chi connectivity index (χ1) is 13.4. The smallest absolute Gasteiger partial charge is 0.0173 e. The molecule has 0 aliphatic carbocycles. The van der Waals surface area contributed by atoms with Gasteiger partial charge in [-0.25, -0.2) is 0 Å². The van der Waals surface area contributed by atoms with Crippen LogP contribution < -0.4 is 0 Å². The molecule has 0 saturated carbocycles. The fraction of sp³-hybridized carbons (Fsp3) is 0.304. The summed E-state index contributed by atoms with van der Waals surface area (Å²) in [6.45, 7) is 6.87. The summed E-state index contributed by atoms with van der Waals surface area (Å²) < 4.78 is 0. The second kappa shape index (κ2) is 9.47. The summed E-state index contributed by atoms with van der Waals surface area (Å²) in [6.07, 6.45) is 3.57. The molecule has 0 bridgehead atoms. The molecule has 3 aromatic rings. The molecule has 1 aromatic carbocycles. The normalized spacial score (nSPS) is 15.7. The third kappa shape index (κ3) is 5.17. The van der Waals surface area contributed by atoms with Crippen molar-refractivity contribution in [3.63, 3.8) is 0 Å². The average Bonchev–Trinajstić information content (AvgIpc) is 3.43. The van der Waals surface area contributed by atoms with Crippen molar-refractivity contribution in [2.45, 2.75) is 6.42 Å². The van der Waals surface area contributed by atoms with Crippen molar-refractivity contribution < 1.29 is 0 Å². The number of hydrogen-bond acceptors (Lipinski definition) is 4. The fourth-order valence-corrected chi connectivity index (χ4v) is 4.90. The van der Waals surface area contributed by atoms with Crippen LogP contribution in [0.15, 0.2) is 70.1 Å². The van der Waals surface area contributed by atoms with E-state index in [4.69, 9.17) is 0 Å². The Morgan fingerprint density at radius 1 is 0.815 bits per heavy atom. The van der Waals surface area contributed by atoms with E-state index in [1.807, 2.05) is 0 Å². The molecular formula is C23H26N2S2. The lowest BCUT2D eigenvalue weighted by molar-refractivity contribution is 0.144. The van der Waals surface area contributed by atoms with Crippen molar-refractivity contribution in [1.82, 2.24) is 9.80 Å². The minimum Gasteiger partial charge on any atom is -0.300 e. The maximum atomic E-state index is 2.60. The van der Waals surface area contributed by atoms with Crippen LogP contribution >= 0.6 is 22.7 Å². The van der Waals surface area contributed by atoms with Gasteiger partial charge in [-0.05, 0) is 62.3 Å². The standard InChI is InChI=1S/C23H26N2S2/c1-2-4-20(5-3-1)6-10-24-12-14-25(15-13-24)11-7-23(21-8-16-26-18-21)22-9-17-27-19-22/h1-5,7-9,16-19H,6,10-15H2. The van der Waals surface area contributed by atoms with Gasteiger partial charge in [-0.1, -0.05) is 36.4 Å². The predicted octanol–water partition coefficient (Wildman–Crippen LogP) is 5.10. The molecule has 0 atom stereocenters. The number of thiophene rings is 2. The topological polar surface area (TPSA) is 6.48 Å². The van der Waals surface area contributed by atoms with E-state index in [2.05, 4.69) is 79.9 Å². The Morgan fingerprint density at radius 2 is 1.44 bits per heavy atom. The van der Waals surface area contributed by atoms with Gasteiger partial charge in [0.25, 0.3) is 0 Å². The van der Waals surface area contributed by atoms with E-state index in [0.717, 1.165) is 26.1 Å². The van der Waals surface area contributed by atoms with E-state index >= 15 is 0 Å². The van der Waals surface area contributed by atoms with Crippen LogP contribution in [0, 0.1) is 0 Å². The van der Waals surface area contributed by atoms with Crippen LogP contribution in [0.5, 0.6) is 0 Å². The van der Waals surface area contributed by atoms with Gasteiger partial charge >= 0.3 is 0 Å². The van der Waals surface area contributed by atoms with E-state index in [-0.39, 0.29) is 0 Å². The van der Waals surface area contributed by atoms with Gasteiger partial charge in [-0.3, -0.25) is 4.90 Å². The first-order valence-corrected chi connectivity index (χ1v) is 11.5. The van der Waals surface area contributed by atoms with Crippen LogP contribution in [0.25, 0.3) is 5.57 Å². The molecular weight excluding hydrogens is 368 g/mol. The Morgan fingerprint density at radius 3 is 2.04 bits per heavy atom. The highest BCUT2D eigenvalue weighted by Crippen LogP contribution is 2.27. The first-order valence-electron chi connectivity index (χ1n) is 9.62. The van der Waals surface area contributed by atoms with Crippen LogP contribution in [0.3, 0.4) is 0 Å². The Hall–Kier alpha value is -1.72. The minimum atomic E-state index is 1.04. The van der Waals surface area contributed by atoms with Gasteiger partial charge in [-0.15, -0.1) is 0 Å². The molecule has 4 rings (SSSR count). The van der Waals surface area contributed by atoms with Crippen LogP contribution in [0.2, 0.25) is 0 Å². The molecule has 0 radical (unpaired) electrons. The minimum absolute atomic E-state index is 1.04. The molecule has 0 unspecified atom stereocenters. The molecule has 1 aliphatic rings. The average molecular weight is 395 g/mol. The van der Waals surface area contributed by atoms with Gasteiger partial charge in [-0.2, -0.15) is 22.7 Å². The highest BCUT2D eigenvalue weighted by atomic mass is 32.1. The van der Waals surface area contributed by atoms with Crippen LogP contribution in [0.1, 0.15) is 16.7 Å². The quantitative estimate of drug-likeness (QED) is 0.550. The highest BCUT2D eigenvalue weighted by Gasteiger charge is 2.16. The van der Waals surface area contributed by atoms with Gasteiger partial charge in [0.15, 0.2) is 0 Å². The molecule has 1 saturated heterocycles. The zero-order valence-electron chi connectivity index (χ0n) is 15.6. The molecule has 3 heterocycles. The van der Waals surface area contributed by atoms with E-state index in [1.165, 1.54) is 41.9 Å². The van der Waals surface area contributed by atoms with Gasteiger partial charge in [0, 0.05) is 39.3 Å². The molecule has 1 fully saturated rings. The Labute approximate surface area is 170 Å². The monoisotopic (exact) mass is 394 g/mol. The number of piperazine rings is 1. The van der Waals surface area contributed by atoms with Gasteiger partial charge in [0.1, 0.15) is 0 Å². The fourth-order valence-electron chi connectivity index (χ4n) is 3.59. The summed E-state index contributed by atoms with van der Waals surface area (Å²) in [4.78, 5) is 5.18. The molecule has 2 nitrogen and oxygen atoms in total. The van der Waals surface area contributed by atoms with Gasteiger partial charge in [0.2, 0.25) is 0 Å². The molecule has 0 amide bonds. The Bertz CT molecular complexity index is 778. The zero-order chi connectivity index (χ0) is 18.3. The maximum Gasteiger partial charge on any atom is 0.0173 e. The summed E-state index contributed by atoms with van der Waals surface area (Å²) >= 11 is 3.55. The molecule has 1 aliphatic heterocycles. The predicted molar refractivity (Wildman–Crippen MR) is 119 cm³/mol. The van der Waals surface area contributed by atoms with Crippen LogP contribution in [-0.2, 0) is 6.42 Å². The number of hydrogen-bond donors (Lipinski definition) is 0. The first kappa shape index (κ1) is 18.6. The zero-order valence-corrected chi connectivity index (χ0v) is 17.2. The second-order valence-electron chi connectivity index (χ2n) is 7.02. The van der Waals surface area contributed by atoms with Crippen molar-refractivity contribution in [2.24, 2.45) is 0 Å². The number of nitrogens with zero attached hydrogens (tertiary/aromatic N) is 2. The van der Waals surface area contributed by atoms with Crippen molar-refractivity contribution >= 4 is 28.2 Å². The molecule has 4 heteroatoms. The van der Waals surface area contributed by atoms with E-state index in [9.17, 15) is 0 Å². The number of benzene rings is 1. The molecule has 0 N–H and O–H groups in total. The Balaban J connectivity index is 1.30. The van der Waals surface area contributed by atoms with E-state index in [0.29, 0.717) is 0 Å². The lowest BCUT2D eigenvalue weighted by atomic mass is 10.0. The summed E-state index contributed by atoms with van der Waals surface area (Å²) in [7, 11) is 0. The van der Waals surface area contributed by atoms with Crippen LogP contribution in [-0.4, -0.2) is 49.1 Å². The summed E-state index contributed by atoms with van der Waals surface area (Å²) in [5, 5.41) is 8.85. The largest absolute Gasteiger partial charge is 0.300 e. The second-order valence-corrected chi connectivity index (χ2v) is 8.58. The highest BCUT2D eigenvalue weighted by molar-refractivity contribution is 7.08. The lowest BCUT2D eigenvalue weighted by Crippen LogP contribution is -2.46. The Kier molecular flexibility index (Phi) is 6.53.